The number of carbonyl (C=O) groups excluding carboxylic acids is 1. The van der Waals surface area contributed by atoms with E-state index in [1.807, 2.05) is 0 Å². The zero-order valence-electron chi connectivity index (χ0n) is 8.61. The van der Waals surface area contributed by atoms with Gasteiger partial charge in [0.2, 0.25) is 0 Å². The summed E-state index contributed by atoms with van der Waals surface area (Å²) < 4.78 is 37.0. The average molecular weight is 297 g/mol. The Kier molecular flexibility index (Phi) is 3.07. The van der Waals surface area contributed by atoms with Crippen molar-refractivity contribution in [2.24, 2.45) is 0 Å². The SMILES string of the molecule is O=C(C1=C(O)c2cc(Cl)cc(Cl)c2C1)C(F)(F)F. The molecule has 0 saturated carbocycles. The third kappa shape index (κ3) is 2.08. The molecule has 0 heterocycles. The van der Waals surface area contributed by atoms with Gasteiger partial charge in [-0.1, -0.05) is 23.2 Å². The normalized spacial score (nSPS) is 14.9. The number of carbonyl (C=O) groups is 1. The van der Waals surface area contributed by atoms with Crippen LogP contribution in [0, 0.1) is 0 Å². The number of ketones is 1. The first-order valence-corrected chi connectivity index (χ1v) is 5.49. The summed E-state index contributed by atoms with van der Waals surface area (Å²) in [5.74, 6) is -2.78. The van der Waals surface area contributed by atoms with E-state index in [9.17, 15) is 23.1 Å². The molecule has 18 heavy (non-hydrogen) atoms. The van der Waals surface area contributed by atoms with Gasteiger partial charge in [-0.3, -0.25) is 4.79 Å². The second-order valence-corrected chi connectivity index (χ2v) is 4.59. The van der Waals surface area contributed by atoms with Crippen molar-refractivity contribution in [3.05, 3.63) is 38.9 Å². The van der Waals surface area contributed by atoms with Crippen LogP contribution in [-0.4, -0.2) is 17.1 Å². The minimum Gasteiger partial charge on any atom is -0.507 e. The first-order chi connectivity index (χ1) is 8.21. The lowest BCUT2D eigenvalue weighted by molar-refractivity contribution is -0.166. The van der Waals surface area contributed by atoms with Crippen LogP contribution in [0.4, 0.5) is 13.2 Å². The van der Waals surface area contributed by atoms with Crippen molar-refractivity contribution in [3.63, 3.8) is 0 Å². The van der Waals surface area contributed by atoms with E-state index in [0.717, 1.165) is 0 Å². The molecule has 1 aromatic carbocycles. The first kappa shape index (κ1) is 13.2. The van der Waals surface area contributed by atoms with Gasteiger partial charge in [-0.05, 0) is 17.7 Å². The van der Waals surface area contributed by atoms with Crippen LogP contribution in [0.25, 0.3) is 5.76 Å². The molecule has 0 fully saturated rings. The Balaban J connectivity index is 2.52. The van der Waals surface area contributed by atoms with Crippen molar-refractivity contribution in [1.82, 2.24) is 0 Å². The summed E-state index contributed by atoms with van der Waals surface area (Å²) in [7, 11) is 0. The molecule has 0 radical (unpaired) electrons. The zero-order chi connectivity index (χ0) is 13.7. The smallest absolute Gasteiger partial charge is 0.454 e. The number of allylic oxidation sites excluding steroid dienone is 1. The van der Waals surface area contributed by atoms with Gasteiger partial charge < -0.3 is 5.11 Å². The fourth-order valence-electron chi connectivity index (χ4n) is 1.78. The Morgan fingerprint density at radius 3 is 2.44 bits per heavy atom. The van der Waals surface area contributed by atoms with Crippen molar-refractivity contribution in [3.8, 4) is 0 Å². The molecule has 0 amide bonds. The van der Waals surface area contributed by atoms with E-state index < -0.39 is 23.3 Å². The molecule has 0 aliphatic heterocycles. The van der Waals surface area contributed by atoms with E-state index in [4.69, 9.17) is 23.2 Å². The number of aliphatic hydroxyl groups excluding tert-OH is 1. The fraction of sp³-hybridized carbons (Fsp3) is 0.182. The molecular weight excluding hydrogens is 292 g/mol. The third-order valence-corrected chi connectivity index (χ3v) is 3.14. The quantitative estimate of drug-likeness (QED) is 0.852. The van der Waals surface area contributed by atoms with E-state index in [1.165, 1.54) is 12.1 Å². The standard InChI is InChI=1S/C11H5Cl2F3O2/c12-4-1-6-5(8(13)2-4)3-7(9(6)17)10(18)11(14,15)16/h1-2,17H,3H2. The Morgan fingerprint density at radius 1 is 1.28 bits per heavy atom. The molecule has 2 rings (SSSR count). The van der Waals surface area contributed by atoms with Crippen LogP contribution in [-0.2, 0) is 11.2 Å². The highest BCUT2D eigenvalue weighted by molar-refractivity contribution is 6.35. The monoisotopic (exact) mass is 296 g/mol. The summed E-state index contributed by atoms with van der Waals surface area (Å²) in [6.07, 6.45) is -5.38. The Labute approximate surface area is 110 Å². The molecule has 0 atom stereocenters. The number of hydrogen-bond donors (Lipinski definition) is 1. The summed E-state index contributed by atoms with van der Waals surface area (Å²) in [5.41, 5.74) is -0.368. The topological polar surface area (TPSA) is 37.3 Å². The van der Waals surface area contributed by atoms with Gasteiger partial charge in [0.15, 0.2) is 0 Å². The highest BCUT2D eigenvalue weighted by atomic mass is 35.5. The number of fused-ring (bicyclic) bond motifs is 1. The van der Waals surface area contributed by atoms with Gasteiger partial charge in [-0.25, -0.2) is 0 Å². The number of alkyl halides is 3. The highest BCUT2D eigenvalue weighted by Gasteiger charge is 2.44. The molecule has 1 aliphatic carbocycles. The summed E-state index contributed by atoms with van der Waals surface area (Å²) >= 11 is 11.5. The molecule has 1 N–H and O–H groups in total. The van der Waals surface area contributed by atoms with Crippen LogP contribution in [0.5, 0.6) is 0 Å². The predicted molar refractivity (Wildman–Crippen MR) is 60.8 cm³/mol. The van der Waals surface area contributed by atoms with E-state index in [2.05, 4.69) is 0 Å². The second-order valence-electron chi connectivity index (χ2n) is 3.74. The Bertz CT molecular complexity index is 576. The molecule has 1 aliphatic rings. The zero-order valence-corrected chi connectivity index (χ0v) is 10.1. The highest BCUT2D eigenvalue weighted by Crippen LogP contribution is 2.39. The van der Waals surface area contributed by atoms with Crippen LogP contribution >= 0.6 is 23.2 Å². The number of benzene rings is 1. The maximum Gasteiger partial charge on any atom is 0.454 e. The molecule has 7 heteroatoms. The summed E-state index contributed by atoms with van der Waals surface area (Å²) in [6, 6.07) is 2.62. The van der Waals surface area contributed by atoms with Gasteiger partial charge in [-0.2, -0.15) is 13.2 Å². The number of rotatable bonds is 1. The van der Waals surface area contributed by atoms with Crippen molar-refractivity contribution < 1.29 is 23.1 Å². The number of Topliss-reactive ketones (excluding diaryl/α,β-unsaturated/α-hetero) is 1. The number of aliphatic hydroxyl groups is 1. The Hall–Kier alpha value is -1.20. The lowest BCUT2D eigenvalue weighted by atomic mass is 10.1. The number of hydrogen-bond acceptors (Lipinski definition) is 2. The van der Waals surface area contributed by atoms with Crippen molar-refractivity contribution in [1.29, 1.82) is 0 Å². The first-order valence-electron chi connectivity index (χ1n) is 4.73. The molecule has 0 aromatic heterocycles. The van der Waals surface area contributed by atoms with Gasteiger partial charge in [-0.15, -0.1) is 0 Å². The predicted octanol–water partition coefficient (Wildman–Crippen LogP) is 3.95. The summed E-state index contributed by atoms with van der Waals surface area (Å²) in [4.78, 5) is 11.1. The molecular formula is C11H5Cl2F3O2. The van der Waals surface area contributed by atoms with Crippen LogP contribution in [0.15, 0.2) is 17.7 Å². The fourth-order valence-corrected chi connectivity index (χ4v) is 2.34. The molecule has 0 spiro atoms. The molecule has 96 valence electrons. The van der Waals surface area contributed by atoms with Crippen LogP contribution in [0.3, 0.4) is 0 Å². The summed E-state index contributed by atoms with van der Waals surface area (Å²) in [6.45, 7) is 0. The second kappa shape index (κ2) is 4.17. The van der Waals surface area contributed by atoms with E-state index >= 15 is 0 Å². The third-order valence-electron chi connectivity index (χ3n) is 2.59. The van der Waals surface area contributed by atoms with Crippen molar-refractivity contribution >= 4 is 34.7 Å². The van der Waals surface area contributed by atoms with Crippen LogP contribution in [0.2, 0.25) is 10.0 Å². The van der Waals surface area contributed by atoms with Crippen LogP contribution in [0.1, 0.15) is 11.1 Å². The van der Waals surface area contributed by atoms with Crippen molar-refractivity contribution in [2.45, 2.75) is 12.6 Å². The van der Waals surface area contributed by atoms with Crippen molar-refractivity contribution in [2.75, 3.05) is 0 Å². The molecule has 2 nitrogen and oxygen atoms in total. The minimum absolute atomic E-state index is 0.0695. The van der Waals surface area contributed by atoms with E-state index in [1.54, 1.807) is 0 Å². The molecule has 0 saturated heterocycles. The lowest BCUT2D eigenvalue weighted by Gasteiger charge is -2.05. The lowest BCUT2D eigenvalue weighted by Crippen LogP contribution is -2.25. The van der Waals surface area contributed by atoms with Gasteiger partial charge >= 0.3 is 6.18 Å². The number of halogens is 5. The maximum absolute atomic E-state index is 12.3. The van der Waals surface area contributed by atoms with Gasteiger partial charge in [0.25, 0.3) is 5.78 Å². The molecule has 1 aromatic rings. The van der Waals surface area contributed by atoms with Gasteiger partial charge in [0.05, 0.1) is 5.57 Å². The van der Waals surface area contributed by atoms with E-state index in [-0.39, 0.29) is 27.6 Å². The molecule has 0 unspecified atom stereocenters. The van der Waals surface area contributed by atoms with Crippen LogP contribution < -0.4 is 0 Å². The minimum atomic E-state index is -5.03. The van der Waals surface area contributed by atoms with Gasteiger partial charge in [0, 0.05) is 22.0 Å². The average Bonchev–Trinajstić information content (AvgIpc) is 2.54. The maximum atomic E-state index is 12.3. The Morgan fingerprint density at radius 2 is 1.89 bits per heavy atom. The largest absolute Gasteiger partial charge is 0.507 e. The van der Waals surface area contributed by atoms with E-state index in [0.29, 0.717) is 0 Å². The summed E-state index contributed by atoms with van der Waals surface area (Å²) in [5, 5.41) is 9.96. The molecule has 0 bridgehead atoms. The van der Waals surface area contributed by atoms with Gasteiger partial charge in [0.1, 0.15) is 5.76 Å².